The maximum Gasteiger partial charge on any atom is 0.303 e. The minimum atomic E-state index is -0.904. The number of amides is 1. The van der Waals surface area contributed by atoms with E-state index in [0.29, 0.717) is 11.3 Å². The monoisotopic (exact) mass is 310 g/mol. The molecule has 0 fully saturated rings. The molecule has 2 rings (SSSR count). The van der Waals surface area contributed by atoms with E-state index in [-0.39, 0.29) is 18.7 Å². The van der Waals surface area contributed by atoms with Crippen LogP contribution in [-0.4, -0.2) is 22.7 Å². The molecule has 0 bridgehead atoms. The molecule has 0 spiro atoms. The summed E-state index contributed by atoms with van der Waals surface area (Å²) in [4.78, 5) is 23.0. The van der Waals surface area contributed by atoms with Crippen LogP contribution in [-0.2, 0) is 4.79 Å². The second kappa shape index (κ2) is 7.89. The number of carboxylic acid groups (broad SMARTS) is 1. The third-order valence-electron chi connectivity index (χ3n) is 3.36. The topological polar surface area (TPSA) is 78.8 Å². The number of nitrogens with one attached hydrogen (secondary N) is 1. The predicted octanol–water partition coefficient (Wildman–Crippen LogP) is 2.99. The maximum atomic E-state index is 12.2. The summed E-state index contributed by atoms with van der Waals surface area (Å²) in [6.45, 7) is 1.85. The van der Waals surface area contributed by atoms with Gasteiger partial charge in [0, 0.05) is 12.0 Å². The smallest absolute Gasteiger partial charge is 0.303 e. The molecular formula is C18H18N2O3. The van der Waals surface area contributed by atoms with Gasteiger partial charge in [-0.2, -0.15) is 5.10 Å². The van der Waals surface area contributed by atoms with Crippen molar-refractivity contribution >= 4 is 17.6 Å². The molecule has 118 valence electrons. The molecule has 0 aliphatic heterocycles. The Hall–Kier alpha value is -2.95. The molecule has 2 aromatic rings. The second-order valence-corrected chi connectivity index (χ2v) is 5.07. The molecule has 0 heterocycles. The van der Waals surface area contributed by atoms with Crippen molar-refractivity contribution in [1.82, 2.24) is 5.43 Å². The predicted molar refractivity (Wildman–Crippen MR) is 88.5 cm³/mol. The van der Waals surface area contributed by atoms with Crippen LogP contribution in [0.25, 0.3) is 0 Å². The molecule has 0 aliphatic carbocycles. The average Bonchev–Trinajstić information content (AvgIpc) is 2.55. The first-order valence-electron chi connectivity index (χ1n) is 7.27. The molecule has 5 nitrogen and oxygen atoms in total. The van der Waals surface area contributed by atoms with Crippen LogP contribution < -0.4 is 5.43 Å². The number of aryl methyl sites for hydroxylation is 1. The minimum absolute atomic E-state index is 0.0477. The first-order valence-corrected chi connectivity index (χ1v) is 7.27. The molecule has 23 heavy (non-hydrogen) atoms. The zero-order valence-corrected chi connectivity index (χ0v) is 12.8. The van der Waals surface area contributed by atoms with Crippen molar-refractivity contribution < 1.29 is 14.7 Å². The fraction of sp³-hybridized carbons (Fsp3) is 0.167. The lowest BCUT2D eigenvalue weighted by Crippen LogP contribution is -2.21. The van der Waals surface area contributed by atoms with Crippen LogP contribution in [0.15, 0.2) is 59.7 Å². The van der Waals surface area contributed by atoms with Crippen molar-refractivity contribution in [2.24, 2.45) is 5.10 Å². The summed E-state index contributed by atoms with van der Waals surface area (Å²) in [5.41, 5.74) is 5.24. The Balaban J connectivity index is 2.18. The normalized spacial score (nSPS) is 11.1. The quantitative estimate of drug-likeness (QED) is 0.636. The first kappa shape index (κ1) is 16.4. The molecule has 0 unspecified atom stereocenters. The first-order chi connectivity index (χ1) is 11.1. The Morgan fingerprint density at radius 1 is 1.00 bits per heavy atom. The van der Waals surface area contributed by atoms with Gasteiger partial charge >= 0.3 is 5.97 Å². The third-order valence-corrected chi connectivity index (χ3v) is 3.36. The molecule has 2 aromatic carbocycles. The van der Waals surface area contributed by atoms with Crippen molar-refractivity contribution in [2.45, 2.75) is 19.8 Å². The van der Waals surface area contributed by atoms with Gasteiger partial charge in [0.15, 0.2) is 0 Å². The maximum absolute atomic E-state index is 12.2. The number of rotatable bonds is 6. The number of benzene rings is 2. The van der Waals surface area contributed by atoms with Crippen molar-refractivity contribution in [3.63, 3.8) is 0 Å². The van der Waals surface area contributed by atoms with Crippen LogP contribution in [0.4, 0.5) is 0 Å². The van der Waals surface area contributed by atoms with Gasteiger partial charge in [0.05, 0.1) is 12.1 Å². The van der Waals surface area contributed by atoms with E-state index in [0.717, 1.165) is 11.1 Å². The lowest BCUT2D eigenvalue weighted by atomic mass is 10.1. The molecule has 0 saturated carbocycles. The summed E-state index contributed by atoms with van der Waals surface area (Å²) in [6, 6.07) is 16.4. The standard InChI is InChI=1S/C18H18N2O3/c1-13-7-5-6-10-15(13)18(23)20-19-16(11-12-17(21)22)14-8-3-2-4-9-14/h2-10H,11-12H2,1H3,(H,20,23)(H,21,22). The lowest BCUT2D eigenvalue weighted by Gasteiger charge is -2.08. The van der Waals surface area contributed by atoms with Crippen LogP contribution in [0.5, 0.6) is 0 Å². The summed E-state index contributed by atoms with van der Waals surface area (Å²) in [6.07, 6.45) is 0.196. The molecule has 0 radical (unpaired) electrons. The molecule has 0 atom stereocenters. The minimum Gasteiger partial charge on any atom is -0.481 e. The van der Waals surface area contributed by atoms with Gasteiger partial charge in [-0.25, -0.2) is 5.43 Å². The number of carboxylic acids is 1. The molecule has 5 heteroatoms. The highest BCUT2D eigenvalue weighted by Gasteiger charge is 2.10. The average molecular weight is 310 g/mol. The van der Waals surface area contributed by atoms with Crippen molar-refractivity contribution in [3.8, 4) is 0 Å². The van der Waals surface area contributed by atoms with E-state index in [9.17, 15) is 9.59 Å². The zero-order valence-electron chi connectivity index (χ0n) is 12.8. The molecule has 1 amide bonds. The van der Waals surface area contributed by atoms with E-state index >= 15 is 0 Å². The van der Waals surface area contributed by atoms with Gasteiger partial charge in [-0.05, 0) is 24.1 Å². The summed E-state index contributed by atoms with van der Waals surface area (Å²) in [5.74, 6) is -1.22. The van der Waals surface area contributed by atoms with Crippen molar-refractivity contribution in [1.29, 1.82) is 0 Å². The Bertz CT molecular complexity index is 724. The van der Waals surface area contributed by atoms with E-state index in [1.165, 1.54) is 0 Å². The molecular weight excluding hydrogens is 292 g/mol. The fourth-order valence-corrected chi connectivity index (χ4v) is 2.13. The van der Waals surface area contributed by atoms with Crippen LogP contribution in [0, 0.1) is 6.92 Å². The Morgan fingerprint density at radius 2 is 1.65 bits per heavy atom. The van der Waals surface area contributed by atoms with Crippen LogP contribution in [0.3, 0.4) is 0 Å². The second-order valence-electron chi connectivity index (χ2n) is 5.07. The van der Waals surface area contributed by atoms with Gasteiger partial charge in [0.25, 0.3) is 5.91 Å². The largest absolute Gasteiger partial charge is 0.481 e. The van der Waals surface area contributed by atoms with Gasteiger partial charge < -0.3 is 5.11 Å². The third kappa shape index (κ3) is 4.78. The van der Waals surface area contributed by atoms with Crippen molar-refractivity contribution in [3.05, 3.63) is 71.3 Å². The number of nitrogens with zero attached hydrogens (tertiary/aromatic N) is 1. The van der Waals surface area contributed by atoms with Crippen molar-refractivity contribution in [2.75, 3.05) is 0 Å². The van der Waals surface area contributed by atoms with Crippen LogP contribution >= 0.6 is 0 Å². The summed E-state index contributed by atoms with van der Waals surface area (Å²) >= 11 is 0. The summed E-state index contributed by atoms with van der Waals surface area (Å²) < 4.78 is 0. The van der Waals surface area contributed by atoms with Gasteiger partial charge in [0.2, 0.25) is 0 Å². The van der Waals surface area contributed by atoms with E-state index in [1.54, 1.807) is 12.1 Å². The number of hydrogen-bond donors (Lipinski definition) is 2. The number of hydrogen-bond acceptors (Lipinski definition) is 3. The Morgan fingerprint density at radius 3 is 2.30 bits per heavy atom. The molecule has 0 saturated heterocycles. The van der Waals surface area contributed by atoms with E-state index < -0.39 is 5.97 Å². The Kier molecular flexibility index (Phi) is 5.63. The van der Waals surface area contributed by atoms with Gasteiger partial charge in [0.1, 0.15) is 0 Å². The van der Waals surface area contributed by atoms with Crippen LogP contribution in [0.2, 0.25) is 0 Å². The number of carbonyl (C=O) groups is 2. The van der Waals surface area contributed by atoms with Crippen LogP contribution in [0.1, 0.15) is 34.3 Å². The van der Waals surface area contributed by atoms with E-state index in [4.69, 9.17) is 5.11 Å². The number of carbonyl (C=O) groups excluding carboxylic acids is 1. The highest BCUT2D eigenvalue weighted by Crippen LogP contribution is 2.09. The molecule has 0 aliphatic rings. The number of aliphatic carboxylic acids is 1. The van der Waals surface area contributed by atoms with E-state index in [2.05, 4.69) is 10.5 Å². The van der Waals surface area contributed by atoms with Gasteiger partial charge in [-0.15, -0.1) is 0 Å². The highest BCUT2D eigenvalue weighted by molar-refractivity contribution is 6.03. The van der Waals surface area contributed by atoms with E-state index in [1.807, 2.05) is 49.4 Å². The zero-order chi connectivity index (χ0) is 16.7. The molecule has 2 N–H and O–H groups in total. The van der Waals surface area contributed by atoms with Gasteiger partial charge in [-0.3, -0.25) is 9.59 Å². The summed E-state index contributed by atoms with van der Waals surface area (Å²) in [7, 11) is 0. The fourth-order valence-electron chi connectivity index (χ4n) is 2.13. The highest BCUT2D eigenvalue weighted by atomic mass is 16.4. The lowest BCUT2D eigenvalue weighted by molar-refractivity contribution is -0.136. The molecule has 0 aromatic heterocycles. The number of hydrazone groups is 1. The van der Waals surface area contributed by atoms with Gasteiger partial charge in [-0.1, -0.05) is 48.5 Å². The summed E-state index contributed by atoms with van der Waals surface area (Å²) in [5, 5.41) is 13.0. The Labute approximate surface area is 134 Å². The SMILES string of the molecule is Cc1ccccc1C(=O)NN=C(CCC(=O)O)c1ccccc1.